The Balaban J connectivity index is 1.18. The number of likely N-dealkylation sites (tertiary alicyclic amines) is 1. The molecule has 1 aliphatic heterocycles. The highest BCUT2D eigenvalue weighted by Crippen LogP contribution is 2.89. The SMILES string of the molecule is CC(C)C1=C2[C@H]3CC[C@]4(C)[C@@]5(C)CC[C@H](OC(=O)CC(C)(C)C(=O)O)C6(C)C[C@]65CC[C@@]4(C)C3CC[C@@]2(C(=O)N2CCC(F)(F)CC2)CC1=O. The molecule has 9 heteroatoms. The molecule has 1 amide bonds. The number of hydrogen-bond acceptors (Lipinski definition) is 5. The molecule has 0 radical (unpaired) electrons. The van der Waals surface area contributed by atoms with Crippen molar-refractivity contribution in [3.63, 3.8) is 0 Å². The number of carboxylic acids is 1. The Morgan fingerprint density at radius 3 is 2.16 bits per heavy atom. The van der Waals surface area contributed by atoms with Crippen molar-refractivity contribution in [2.75, 3.05) is 13.1 Å². The van der Waals surface area contributed by atoms with Crippen molar-refractivity contribution in [3.05, 3.63) is 11.1 Å². The van der Waals surface area contributed by atoms with Crippen LogP contribution in [0.4, 0.5) is 8.78 Å². The summed E-state index contributed by atoms with van der Waals surface area (Å²) in [5, 5.41) is 9.59. The molecule has 0 aromatic carbocycles. The third-order valence-electron chi connectivity index (χ3n) is 17.1. The number of allylic oxidation sites excluding steroid dienone is 1. The molecule has 2 unspecified atom stereocenters. The van der Waals surface area contributed by atoms with Crippen LogP contribution in [0.2, 0.25) is 0 Å². The summed E-state index contributed by atoms with van der Waals surface area (Å²) in [5.41, 5.74) is -0.345. The summed E-state index contributed by atoms with van der Waals surface area (Å²) in [6.45, 7) is 17.2. The molecule has 50 heavy (non-hydrogen) atoms. The average molecular weight is 700 g/mol. The number of carboxylic acid groups (broad SMARTS) is 1. The van der Waals surface area contributed by atoms with E-state index in [4.69, 9.17) is 4.74 Å². The molecule has 0 aromatic rings. The standard InChI is InChI=1S/C41H59F2NO6/c1-24(2)30-27(45)21-39(32(47)44-19-17-41(42,43)18-20-44)14-10-26-25(31(30)39)9-12-37(7)35(26,5)15-16-40-23-36(40,6)28(11-13-38(37,40)8)50-29(46)22-34(3,4)33(48)49/h24-26,28H,9-23H2,1-8H3,(H,48,49)/t25-,26?,28-,35-,36?,37-,38+,39+,40+/m0/s1. The fraction of sp³-hybridized carbons (Fsp3) is 0.854. The number of amides is 1. The number of nitrogens with zero attached hydrogens (tertiary/aromatic N) is 1. The Morgan fingerprint density at radius 2 is 1.54 bits per heavy atom. The fourth-order valence-corrected chi connectivity index (χ4v) is 13.9. The minimum atomic E-state index is -2.74. The average Bonchev–Trinajstić information content (AvgIpc) is 3.54. The zero-order valence-electron chi connectivity index (χ0n) is 31.6. The van der Waals surface area contributed by atoms with Crippen molar-refractivity contribution in [3.8, 4) is 0 Å². The van der Waals surface area contributed by atoms with Gasteiger partial charge in [-0.25, -0.2) is 8.78 Å². The van der Waals surface area contributed by atoms with Crippen molar-refractivity contribution in [2.45, 2.75) is 151 Å². The number of Topliss-reactive ketones (excluding diaryl/α,β-unsaturated/α-hetero) is 1. The highest BCUT2D eigenvalue weighted by atomic mass is 19.3. The molecule has 6 aliphatic carbocycles. The van der Waals surface area contributed by atoms with E-state index in [9.17, 15) is 33.1 Å². The summed E-state index contributed by atoms with van der Waals surface area (Å²) in [4.78, 5) is 54.9. The van der Waals surface area contributed by atoms with E-state index in [0.717, 1.165) is 62.5 Å². The molecule has 1 spiro atoms. The van der Waals surface area contributed by atoms with Gasteiger partial charge in [0.25, 0.3) is 5.92 Å². The number of piperidine rings is 1. The lowest BCUT2D eigenvalue weighted by Gasteiger charge is -2.72. The lowest BCUT2D eigenvalue weighted by Crippen LogP contribution is -2.66. The highest BCUT2D eigenvalue weighted by Gasteiger charge is 2.84. The van der Waals surface area contributed by atoms with Crippen molar-refractivity contribution in [1.82, 2.24) is 4.90 Å². The number of carbonyl (C=O) groups excluding carboxylic acids is 3. The first-order valence-corrected chi connectivity index (χ1v) is 19.4. The van der Waals surface area contributed by atoms with Gasteiger partial charge in [-0.05, 0) is 122 Å². The zero-order chi connectivity index (χ0) is 36.7. The smallest absolute Gasteiger partial charge is 0.309 e. The summed E-state index contributed by atoms with van der Waals surface area (Å²) >= 11 is 0. The molecule has 6 fully saturated rings. The van der Waals surface area contributed by atoms with E-state index in [1.807, 2.05) is 0 Å². The summed E-state index contributed by atoms with van der Waals surface area (Å²) in [5.74, 6) is -3.76. The maximum Gasteiger partial charge on any atom is 0.309 e. The number of carbonyl (C=O) groups is 4. The Hall–Kier alpha value is -2.32. The van der Waals surface area contributed by atoms with Gasteiger partial charge in [-0.2, -0.15) is 0 Å². The number of halogens is 2. The molecule has 5 saturated carbocycles. The van der Waals surface area contributed by atoms with Crippen molar-refractivity contribution in [1.29, 1.82) is 0 Å². The summed E-state index contributed by atoms with van der Waals surface area (Å²) in [7, 11) is 0. The summed E-state index contributed by atoms with van der Waals surface area (Å²) in [6, 6.07) is 0. The van der Waals surface area contributed by atoms with Crippen LogP contribution < -0.4 is 0 Å². The number of aliphatic carboxylic acids is 1. The Bertz CT molecular complexity index is 1560. The van der Waals surface area contributed by atoms with Crippen LogP contribution in [-0.4, -0.2) is 58.8 Å². The number of esters is 1. The number of ether oxygens (including phenoxy) is 1. The summed E-state index contributed by atoms with van der Waals surface area (Å²) < 4.78 is 34.5. The van der Waals surface area contributed by atoms with Crippen LogP contribution in [0.15, 0.2) is 11.1 Å². The quantitative estimate of drug-likeness (QED) is 0.280. The summed E-state index contributed by atoms with van der Waals surface area (Å²) in [6.07, 6.45) is 7.29. The third-order valence-corrected chi connectivity index (χ3v) is 17.1. The molecule has 0 aromatic heterocycles. The van der Waals surface area contributed by atoms with E-state index in [1.165, 1.54) is 0 Å². The van der Waals surface area contributed by atoms with Gasteiger partial charge < -0.3 is 14.7 Å². The minimum absolute atomic E-state index is 0.000102. The first kappa shape index (κ1) is 36.1. The lowest BCUT2D eigenvalue weighted by molar-refractivity contribution is -0.241. The molecule has 7 nitrogen and oxygen atoms in total. The normalized spacial score (nSPS) is 44.8. The molecule has 7 rings (SSSR count). The predicted molar refractivity (Wildman–Crippen MR) is 184 cm³/mol. The number of alkyl halides is 2. The van der Waals surface area contributed by atoms with Crippen molar-refractivity contribution < 1.29 is 37.8 Å². The van der Waals surface area contributed by atoms with Crippen molar-refractivity contribution >= 4 is 23.6 Å². The largest absolute Gasteiger partial charge is 0.481 e. The molecule has 1 saturated heterocycles. The Morgan fingerprint density at radius 1 is 0.900 bits per heavy atom. The van der Waals surface area contributed by atoms with E-state index in [0.29, 0.717) is 12.3 Å². The Labute approximate surface area is 296 Å². The molecule has 1 heterocycles. The molecular formula is C41H59F2NO6. The number of rotatable bonds is 6. The maximum absolute atomic E-state index is 14.6. The van der Waals surface area contributed by atoms with Gasteiger partial charge in [-0.1, -0.05) is 41.5 Å². The van der Waals surface area contributed by atoms with Crippen molar-refractivity contribution in [2.24, 2.45) is 55.7 Å². The number of ketones is 1. The van der Waals surface area contributed by atoms with Crippen LogP contribution in [0.5, 0.6) is 0 Å². The third kappa shape index (κ3) is 4.48. The van der Waals surface area contributed by atoms with Crippen LogP contribution in [-0.2, 0) is 23.9 Å². The van der Waals surface area contributed by atoms with E-state index in [2.05, 4.69) is 41.5 Å². The van der Waals surface area contributed by atoms with Crippen LogP contribution >= 0.6 is 0 Å². The van der Waals surface area contributed by atoms with E-state index >= 15 is 0 Å². The predicted octanol–water partition coefficient (Wildman–Crippen LogP) is 8.39. The second-order valence-corrected chi connectivity index (χ2v) is 19.7. The van der Waals surface area contributed by atoms with Gasteiger partial charge in [0.2, 0.25) is 5.91 Å². The van der Waals surface area contributed by atoms with Crippen LogP contribution in [0.1, 0.15) is 139 Å². The van der Waals surface area contributed by atoms with Gasteiger partial charge in [-0.15, -0.1) is 0 Å². The van der Waals surface area contributed by atoms with Gasteiger partial charge in [0.15, 0.2) is 5.78 Å². The molecule has 0 bridgehead atoms. The topological polar surface area (TPSA) is 101 Å². The van der Waals surface area contributed by atoms with Gasteiger partial charge >= 0.3 is 11.9 Å². The molecule has 7 aliphatic rings. The zero-order valence-corrected chi connectivity index (χ0v) is 31.6. The first-order valence-electron chi connectivity index (χ1n) is 19.4. The monoisotopic (exact) mass is 699 g/mol. The minimum Gasteiger partial charge on any atom is -0.481 e. The molecule has 9 atom stereocenters. The van der Waals surface area contributed by atoms with E-state index in [-0.39, 0.29) is 95.5 Å². The Kier molecular flexibility index (Phi) is 7.84. The fourth-order valence-electron chi connectivity index (χ4n) is 13.9. The molecule has 1 N–H and O–H groups in total. The van der Waals surface area contributed by atoms with Gasteiger partial charge in [-0.3, -0.25) is 19.2 Å². The van der Waals surface area contributed by atoms with Crippen LogP contribution in [0.25, 0.3) is 0 Å². The number of hydrogen-bond donors (Lipinski definition) is 1. The van der Waals surface area contributed by atoms with Crippen LogP contribution in [0, 0.1) is 55.7 Å². The molecular weight excluding hydrogens is 640 g/mol. The highest BCUT2D eigenvalue weighted by molar-refractivity contribution is 6.07. The second kappa shape index (κ2) is 10.9. The van der Waals surface area contributed by atoms with Gasteiger partial charge in [0.05, 0.1) is 17.3 Å². The first-order chi connectivity index (χ1) is 23.0. The maximum atomic E-state index is 14.6. The van der Waals surface area contributed by atoms with E-state index < -0.39 is 28.7 Å². The lowest BCUT2D eigenvalue weighted by atomic mass is 9.32. The second-order valence-electron chi connectivity index (χ2n) is 19.7. The number of fused-ring (bicyclic) bond motifs is 6. The molecule has 278 valence electrons. The van der Waals surface area contributed by atoms with Gasteiger partial charge in [0, 0.05) is 37.8 Å². The van der Waals surface area contributed by atoms with Crippen LogP contribution in [0.3, 0.4) is 0 Å². The van der Waals surface area contributed by atoms with E-state index in [1.54, 1.807) is 18.7 Å². The van der Waals surface area contributed by atoms with Gasteiger partial charge in [0.1, 0.15) is 6.10 Å².